The summed E-state index contributed by atoms with van der Waals surface area (Å²) < 4.78 is 2.97. The van der Waals surface area contributed by atoms with Crippen LogP contribution in [0.3, 0.4) is 0 Å². The van der Waals surface area contributed by atoms with Crippen LogP contribution in [0.25, 0.3) is 0 Å². The van der Waals surface area contributed by atoms with Crippen LogP contribution >= 0.6 is 0 Å². The lowest BCUT2D eigenvalue weighted by atomic mass is 10.3. The summed E-state index contributed by atoms with van der Waals surface area (Å²) in [6.07, 6.45) is 4.61. The van der Waals surface area contributed by atoms with E-state index in [9.17, 15) is 14.9 Å². The van der Waals surface area contributed by atoms with Gasteiger partial charge in [0.05, 0.1) is 11.1 Å². The number of hydrogen-bond donors (Lipinski definition) is 1. The molecule has 0 saturated carbocycles. The highest BCUT2D eigenvalue weighted by atomic mass is 16.6. The summed E-state index contributed by atoms with van der Waals surface area (Å²) in [7, 11) is 1.76. The van der Waals surface area contributed by atoms with E-state index in [-0.39, 0.29) is 17.9 Å². The number of carbonyl (C=O) groups is 1. The molecule has 0 aliphatic heterocycles. The summed E-state index contributed by atoms with van der Waals surface area (Å²) in [6.45, 7) is 2.48. The summed E-state index contributed by atoms with van der Waals surface area (Å²) in [6, 6.07) is 0. The Morgan fingerprint density at radius 2 is 2.25 bits per heavy atom. The minimum Gasteiger partial charge on any atom is -0.346 e. The van der Waals surface area contributed by atoms with Crippen molar-refractivity contribution in [1.29, 1.82) is 0 Å². The first-order valence-corrected chi connectivity index (χ1v) is 5.98. The van der Waals surface area contributed by atoms with Crippen molar-refractivity contribution in [3.63, 3.8) is 0 Å². The van der Waals surface area contributed by atoms with Crippen LogP contribution in [0, 0.1) is 10.1 Å². The molecule has 0 saturated heterocycles. The number of amides is 1. The molecule has 2 aromatic rings. The van der Waals surface area contributed by atoms with Crippen molar-refractivity contribution in [2.45, 2.75) is 20.0 Å². The van der Waals surface area contributed by atoms with Gasteiger partial charge < -0.3 is 5.32 Å². The van der Waals surface area contributed by atoms with E-state index in [0.717, 1.165) is 5.56 Å². The van der Waals surface area contributed by atoms with Crippen LogP contribution in [-0.4, -0.2) is 30.4 Å². The number of rotatable bonds is 5. The minimum atomic E-state index is -0.613. The summed E-state index contributed by atoms with van der Waals surface area (Å²) >= 11 is 0. The number of nitrogens with one attached hydrogen (secondary N) is 1. The molecule has 0 spiro atoms. The molecule has 0 unspecified atom stereocenters. The lowest BCUT2D eigenvalue weighted by Gasteiger charge is -2.00. The van der Waals surface area contributed by atoms with E-state index in [1.165, 1.54) is 10.9 Å². The van der Waals surface area contributed by atoms with Crippen molar-refractivity contribution in [2.24, 2.45) is 7.05 Å². The van der Waals surface area contributed by atoms with Crippen LogP contribution in [-0.2, 0) is 20.1 Å². The average Bonchev–Trinajstić information content (AvgIpc) is 3.02. The van der Waals surface area contributed by atoms with Gasteiger partial charge in [-0.15, -0.1) is 0 Å². The van der Waals surface area contributed by atoms with Crippen LogP contribution in [0.2, 0.25) is 0 Å². The van der Waals surface area contributed by atoms with Crippen molar-refractivity contribution in [3.05, 3.63) is 40.0 Å². The van der Waals surface area contributed by atoms with Gasteiger partial charge in [-0.2, -0.15) is 10.2 Å². The van der Waals surface area contributed by atoms with Gasteiger partial charge in [0, 0.05) is 31.9 Å². The van der Waals surface area contributed by atoms with E-state index in [4.69, 9.17) is 0 Å². The number of carbonyl (C=O) groups excluding carboxylic acids is 1. The van der Waals surface area contributed by atoms with Crippen molar-refractivity contribution < 1.29 is 9.72 Å². The average molecular weight is 278 g/mol. The molecule has 1 amide bonds. The zero-order valence-corrected chi connectivity index (χ0v) is 11.1. The summed E-state index contributed by atoms with van der Waals surface area (Å²) in [4.78, 5) is 22.2. The van der Waals surface area contributed by atoms with Crippen molar-refractivity contribution >= 4 is 11.6 Å². The third-order valence-electron chi connectivity index (χ3n) is 2.69. The highest BCUT2D eigenvalue weighted by Gasteiger charge is 2.25. The molecule has 9 nitrogen and oxygen atoms in total. The number of nitro groups is 1. The normalized spacial score (nSPS) is 10.5. The predicted octanol–water partition coefficient (Wildman–Crippen LogP) is 0.475. The molecule has 2 rings (SSSR count). The maximum atomic E-state index is 12.0. The van der Waals surface area contributed by atoms with E-state index in [0.29, 0.717) is 6.54 Å². The molecule has 0 fully saturated rings. The van der Waals surface area contributed by atoms with Crippen LogP contribution < -0.4 is 5.32 Å². The number of aromatic nitrogens is 4. The fourth-order valence-corrected chi connectivity index (χ4v) is 1.70. The largest absolute Gasteiger partial charge is 0.346 e. The molecule has 2 heterocycles. The zero-order chi connectivity index (χ0) is 14.7. The van der Waals surface area contributed by atoms with Gasteiger partial charge in [0.15, 0.2) is 0 Å². The Kier molecular flexibility index (Phi) is 3.78. The van der Waals surface area contributed by atoms with Crippen LogP contribution in [0.4, 0.5) is 5.69 Å². The second-order valence-corrected chi connectivity index (χ2v) is 4.18. The van der Waals surface area contributed by atoms with Crippen molar-refractivity contribution in [2.75, 3.05) is 0 Å². The van der Waals surface area contributed by atoms with Gasteiger partial charge in [-0.25, -0.2) is 0 Å². The zero-order valence-electron chi connectivity index (χ0n) is 11.1. The molecule has 106 valence electrons. The summed E-state index contributed by atoms with van der Waals surface area (Å²) in [5.41, 5.74) is 0.328. The Labute approximate surface area is 114 Å². The van der Waals surface area contributed by atoms with Gasteiger partial charge in [-0.1, -0.05) is 0 Å². The molecule has 20 heavy (non-hydrogen) atoms. The topological polar surface area (TPSA) is 108 Å². The molecule has 0 atom stereocenters. The van der Waals surface area contributed by atoms with E-state index in [1.54, 1.807) is 31.0 Å². The monoisotopic (exact) mass is 278 g/mol. The Balaban J connectivity index is 2.12. The van der Waals surface area contributed by atoms with Gasteiger partial charge in [0.1, 0.15) is 6.20 Å². The summed E-state index contributed by atoms with van der Waals surface area (Å²) in [5, 5.41) is 21.4. The first kappa shape index (κ1) is 13.7. The second kappa shape index (κ2) is 5.51. The van der Waals surface area contributed by atoms with Crippen LogP contribution in [0.5, 0.6) is 0 Å². The van der Waals surface area contributed by atoms with E-state index < -0.39 is 10.8 Å². The maximum absolute atomic E-state index is 12.0. The van der Waals surface area contributed by atoms with Crippen molar-refractivity contribution in [3.8, 4) is 0 Å². The third-order valence-corrected chi connectivity index (χ3v) is 2.69. The first-order valence-electron chi connectivity index (χ1n) is 5.98. The first-order chi connectivity index (χ1) is 9.51. The van der Waals surface area contributed by atoms with E-state index in [1.807, 2.05) is 0 Å². The van der Waals surface area contributed by atoms with E-state index >= 15 is 0 Å². The van der Waals surface area contributed by atoms with Gasteiger partial charge in [-0.05, 0) is 6.92 Å². The predicted molar refractivity (Wildman–Crippen MR) is 68.9 cm³/mol. The Bertz CT molecular complexity index is 644. The molecule has 2 aromatic heterocycles. The third kappa shape index (κ3) is 2.82. The highest BCUT2D eigenvalue weighted by molar-refractivity contribution is 5.95. The smallest absolute Gasteiger partial charge is 0.320 e. The molecule has 0 aliphatic carbocycles. The lowest BCUT2D eigenvalue weighted by Crippen LogP contribution is -2.24. The lowest BCUT2D eigenvalue weighted by molar-refractivity contribution is -0.385. The molecule has 0 bridgehead atoms. The van der Waals surface area contributed by atoms with Gasteiger partial charge in [0.2, 0.25) is 5.69 Å². The Hall–Kier alpha value is -2.71. The molecule has 9 heteroatoms. The van der Waals surface area contributed by atoms with Gasteiger partial charge in [-0.3, -0.25) is 24.3 Å². The molecule has 1 N–H and O–H groups in total. The van der Waals surface area contributed by atoms with Gasteiger partial charge >= 0.3 is 5.69 Å². The number of aryl methyl sites for hydroxylation is 2. The van der Waals surface area contributed by atoms with E-state index in [2.05, 4.69) is 15.5 Å². The fourth-order valence-electron chi connectivity index (χ4n) is 1.70. The van der Waals surface area contributed by atoms with Crippen LogP contribution in [0.1, 0.15) is 23.0 Å². The summed E-state index contributed by atoms with van der Waals surface area (Å²) in [5.74, 6) is -0.576. The second-order valence-electron chi connectivity index (χ2n) is 4.18. The van der Waals surface area contributed by atoms with Gasteiger partial charge in [0.25, 0.3) is 5.91 Å². The quantitative estimate of drug-likeness (QED) is 0.632. The highest BCUT2D eigenvalue weighted by Crippen LogP contribution is 2.16. The molecule has 0 radical (unpaired) electrons. The maximum Gasteiger partial charge on any atom is 0.320 e. The standard InChI is InChI=1S/C11H14N6O3/c1-3-16-7-9(17(19)20)10(14-16)11(18)12-4-8-5-13-15(2)6-8/h5-7H,3-4H2,1-2H3,(H,12,18). The molecule has 0 aromatic carbocycles. The number of hydrogen-bond acceptors (Lipinski definition) is 5. The Morgan fingerprint density at radius 3 is 2.80 bits per heavy atom. The fraction of sp³-hybridized carbons (Fsp3) is 0.364. The minimum absolute atomic E-state index is 0.180. The molecule has 0 aliphatic rings. The van der Waals surface area contributed by atoms with Crippen molar-refractivity contribution in [1.82, 2.24) is 24.9 Å². The molecular formula is C11H14N6O3. The SMILES string of the molecule is CCn1cc([N+](=O)[O-])c(C(=O)NCc2cnn(C)c2)n1. The molecular weight excluding hydrogens is 264 g/mol. The Morgan fingerprint density at radius 1 is 1.50 bits per heavy atom. The van der Waals surface area contributed by atoms with Crippen LogP contribution in [0.15, 0.2) is 18.6 Å². The number of nitrogens with zero attached hydrogens (tertiary/aromatic N) is 5.